The lowest BCUT2D eigenvalue weighted by molar-refractivity contribution is -0.142. The molecule has 0 saturated heterocycles. The second kappa shape index (κ2) is 7.76. The van der Waals surface area contributed by atoms with E-state index in [1.807, 2.05) is 0 Å². The van der Waals surface area contributed by atoms with E-state index in [0.717, 1.165) is 19.4 Å². The predicted octanol–water partition coefficient (Wildman–Crippen LogP) is 0.655. The molecular formula is C10H22N2O2. The van der Waals surface area contributed by atoms with Gasteiger partial charge in [0, 0.05) is 6.04 Å². The maximum absolute atomic E-state index is 11.0. The van der Waals surface area contributed by atoms with E-state index in [1.165, 1.54) is 7.11 Å². The lowest BCUT2D eigenvalue weighted by atomic mass is 10.1. The zero-order valence-corrected chi connectivity index (χ0v) is 9.38. The molecule has 4 nitrogen and oxygen atoms in total. The monoisotopic (exact) mass is 202 g/mol. The van der Waals surface area contributed by atoms with Crippen LogP contribution in [0.3, 0.4) is 0 Å². The Morgan fingerprint density at radius 3 is 2.43 bits per heavy atom. The molecule has 0 fully saturated rings. The van der Waals surface area contributed by atoms with Crippen molar-refractivity contribution in [1.29, 1.82) is 0 Å². The van der Waals surface area contributed by atoms with Crippen LogP contribution in [0.2, 0.25) is 0 Å². The second-order valence-electron chi connectivity index (χ2n) is 3.39. The number of nitrogens with one attached hydrogen (secondary N) is 1. The zero-order chi connectivity index (χ0) is 11.0. The van der Waals surface area contributed by atoms with E-state index in [9.17, 15) is 4.79 Å². The molecule has 0 aromatic heterocycles. The van der Waals surface area contributed by atoms with Crippen LogP contribution in [0.4, 0.5) is 0 Å². The van der Waals surface area contributed by atoms with Gasteiger partial charge in [-0.05, 0) is 25.8 Å². The third-order valence-corrected chi connectivity index (χ3v) is 2.38. The summed E-state index contributed by atoms with van der Waals surface area (Å²) in [7, 11) is 1.36. The first-order valence-electron chi connectivity index (χ1n) is 5.22. The Morgan fingerprint density at radius 2 is 2.00 bits per heavy atom. The zero-order valence-electron chi connectivity index (χ0n) is 9.38. The first kappa shape index (κ1) is 13.4. The molecule has 0 aromatic carbocycles. The standard InChI is InChI=1S/C10H22N2O2/c1-4-8(5-2)12-7-6-9(11)10(13)14-3/h8-9,12H,4-7,11H2,1-3H3. The highest BCUT2D eigenvalue weighted by Gasteiger charge is 2.13. The molecule has 0 aliphatic rings. The summed E-state index contributed by atoms with van der Waals surface area (Å²) in [5.74, 6) is -0.337. The van der Waals surface area contributed by atoms with Crippen LogP contribution < -0.4 is 11.1 Å². The number of carbonyl (C=O) groups excluding carboxylic acids is 1. The van der Waals surface area contributed by atoms with E-state index in [0.29, 0.717) is 12.5 Å². The van der Waals surface area contributed by atoms with Crippen molar-refractivity contribution < 1.29 is 9.53 Å². The van der Waals surface area contributed by atoms with Gasteiger partial charge in [0.25, 0.3) is 0 Å². The molecule has 4 heteroatoms. The van der Waals surface area contributed by atoms with E-state index < -0.39 is 6.04 Å². The largest absolute Gasteiger partial charge is 0.468 e. The van der Waals surface area contributed by atoms with Crippen molar-refractivity contribution in [2.45, 2.75) is 45.2 Å². The number of ether oxygens (including phenoxy) is 1. The minimum atomic E-state index is -0.498. The van der Waals surface area contributed by atoms with Gasteiger partial charge in [-0.25, -0.2) is 0 Å². The van der Waals surface area contributed by atoms with Gasteiger partial charge in [-0.3, -0.25) is 4.79 Å². The third-order valence-electron chi connectivity index (χ3n) is 2.38. The fourth-order valence-corrected chi connectivity index (χ4v) is 1.29. The third kappa shape index (κ3) is 5.19. The molecule has 0 saturated carbocycles. The van der Waals surface area contributed by atoms with Crippen molar-refractivity contribution in [2.24, 2.45) is 5.73 Å². The number of hydrogen-bond donors (Lipinski definition) is 2. The molecule has 0 amide bonds. The molecular weight excluding hydrogens is 180 g/mol. The normalized spacial score (nSPS) is 12.9. The Morgan fingerprint density at radius 1 is 1.43 bits per heavy atom. The first-order chi connectivity index (χ1) is 6.65. The highest BCUT2D eigenvalue weighted by molar-refractivity contribution is 5.75. The Labute approximate surface area is 86.2 Å². The van der Waals surface area contributed by atoms with Gasteiger partial charge in [0.1, 0.15) is 6.04 Å². The molecule has 0 aliphatic carbocycles. The van der Waals surface area contributed by atoms with Crippen LogP contribution in [0.1, 0.15) is 33.1 Å². The average Bonchev–Trinajstić information content (AvgIpc) is 2.22. The summed E-state index contributed by atoms with van der Waals surface area (Å²) in [6, 6.07) is 0.0294. The summed E-state index contributed by atoms with van der Waals surface area (Å²) in [6.07, 6.45) is 2.83. The number of carbonyl (C=O) groups is 1. The maximum Gasteiger partial charge on any atom is 0.322 e. The number of hydrogen-bond acceptors (Lipinski definition) is 4. The van der Waals surface area contributed by atoms with Gasteiger partial charge in [-0.15, -0.1) is 0 Å². The Balaban J connectivity index is 3.57. The quantitative estimate of drug-likeness (QED) is 0.595. The van der Waals surface area contributed by atoms with Gasteiger partial charge in [-0.2, -0.15) is 0 Å². The van der Waals surface area contributed by atoms with E-state index in [4.69, 9.17) is 5.73 Å². The Bertz CT molecular complexity index is 158. The summed E-state index contributed by atoms with van der Waals surface area (Å²) in [5, 5.41) is 3.34. The van der Waals surface area contributed by atoms with E-state index in [1.54, 1.807) is 0 Å². The Hall–Kier alpha value is -0.610. The SMILES string of the molecule is CCC(CC)NCCC(N)C(=O)OC. The smallest absolute Gasteiger partial charge is 0.322 e. The van der Waals surface area contributed by atoms with Gasteiger partial charge in [0.05, 0.1) is 7.11 Å². The van der Waals surface area contributed by atoms with Crippen molar-refractivity contribution >= 4 is 5.97 Å². The predicted molar refractivity (Wildman–Crippen MR) is 57.0 cm³/mol. The molecule has 0 spiro atoms. The highest BCUT2D eigenvalue weighted by atomic mass is 16.5. The van der Waals surface area contributed by atoms with Crippen LogP contribution in [-0.4, -0.2) is 31.7 Å². The van der Waals surface area contributed by atoms with E-state index >= 15 is 0 Å². The molecule has 84 valence electrons. The molecule has 0 aliphatic heterocycles. The first-order valence-corrected chi connectivity index (χ1v) is 5.22. The molecule has 0 rings (SSSR count). The van der Waals surface area contributed by atoms with Crippen molar-refractivity contribution in [3.05, 3.63) is 0 Å². The summed E-state index contributed by atoms with van der Waals surface area (Å²) < 4.78 is 4.53. The summed E-state index contributed by atoms with van der Waals surface area (Å²) >= 11 is 0. The van der Waals surface area contributed by atoms with E-state index in [-0.39, 0.29) is 5.97 Å². The van der Waals surface area contributed by atoms with Crippen molar-refractivity contribution in [3.63, 3.8) is 0 Å². The van der Waals surface area contributed by atoms with Crippen LogP contribution in [0.25, 0.3) is 0 Å². The minimum absolute atomic E-state index is 0.337. The molecule has 1 atom stereocenters. The minimum Gasteiger partial charge on any atom is -0.468 e. The fraction of sp³-hybridized carbons (Fsp3) is 0.900. The van der Waals surface area contributed by atoms with Gasteiger partial charge in [-0.1, -0.05) is 13.8 Å². The van der Waals surface area contributed by atoms with Gasteiger partial charge in [0.15, 0.2) is 0 Å². The maximum atomic E-state index is 11.0. The van der Waals surface area contributed by atoms with Crippen LogP contribution in [0.15, 0.2) is 0 Å². The molecule has 0 aromatic rings. The van der Waals surface area contributed by atoms with Crippen LogP contribution in [0.5, 0.6) is 0 Å². The highest BCUT2D eigenvalue weighted by Crippen LogP contribution is 1.97. The summed E-state index contributed by atoms with van der Waals surface area (Å²) in [5.41, 5.74) is 5.58. The average molecular weight is 202 g/mol. The van der Waals surface area contributed by atoms with Gasteiger partial charge >= 0.3 is 5.97 Å². The second-order valence-corrected chi connectivity index (χ2v) is 3.39. The van der Waals surface area contributed by atoms with Crippen molar-refractivity contribution in [1.82, 2.24) is 5.32 Å². The lowest BCUT2D eigenvalue weighted by Crippen LogP contribution is -2.37. The van der Waals surface area contributed by atoms with E-state index in [2.05, 4.69) is 23.9 Å². The van der Waals surface area contributed by atoms with Gasteiger partial charge < -0.3 is 15.8 Å². The molecule has 1 unspecified atom stereocenters. The number of esters is 1. The summed E-state index contributed by atoms with van der Waals surface area (Å²) in [4.78, 5) is 11.0. The summed E-state index contributed by atoms with van der Waals surface area (Å²) in [6.45, 7) is 5.05. The number of rotatable bonds is 7. The fourth-order valence-electron chi connectivity index (χ4n) is 1.29. The van der Waals surface area contributed by atoms with Crippen LogP contribution in [-0.2, 0) is 9.53 Å². The lowest BCUT2D eigenvalue weighted by Gasteiger charge is -2.15. The molecule has 14 heavy (non-hydrogen) atoms. The molecule has 0 heterocycles. The van der Waals surface area contributed by atoms with Crippen LogP contribution >= 0.6 is 0 Å². The topological polar surface area (TPSA) is 64.3 Å². The number of methoxy groups -OCH3 is 1. The van der Waals surface area contributed by atoms with Crippen molar-refractivity contribution in [3.8, 4) is 0 Å². The molecule has 0 radical (unpaired) electrons. The van der Waals surface area contributed by atoms with Crippen molar-refractivity contribution in [2.75, 3.05) is 13.7 Å². The van der Waals surface area contributed by atoms with Crippen LogP contribution in [0, 0.1) is 0 Å². The molecule has 0 bridgehead atoms. The number of nitrogens with two attached hydrogens (primary N) is 1. The molecule has 3 N–H and O–H groups in total. The Kier molecular flexibility index (Phi) is 7.42. The van der Waals surface area contributed by atoms with Gasteiger partial charge in [0.2, 0.25) is 0 Å².